The molecule has 3 nitrogen and oxygen atoms in total. The van der Waals surface area contributed by atoms with E-state index >= 15 is 0 Å². The quantitative estimate of drug-likeness (QED) is 0.818. The van der Waals surface area contributed by atoms with Crippen LogP contribution in [-0.2, 0) is 0 Å². The Bertz CT molecular complexity index is 436. The molecule has 2 aromatic rings. The van der Waals surface area contributed by atoms with Crippen LogP contribution in [0, 0.1) is 6.92 Å². The third-order valence-electron chi connectivity index (χ3n) is 2.02. The lowest BCUT2D eigenvalue weighted by Crippen LogP contribution is -1.93. The van der Waals surface area contributed by atoms with E-state index in [-0.39, 0.29) is 0 Å². The van der Waals surface area contributed by atoms with Crippen LogP contribution in [0.15, 0.2) is 23.8 Å². The summed E-state index contributed by atoms with van der Waals surface area (Å²) in [5, 5.41) is 5.08. The molecule has 0 amide bonds. The summed E-state index contributed by atoms with van der Waals surface area (Å²) in [6.07, 6.45) is 1.58. The Morgan fingerprint density at radius 3 is 2.86 bits per heavy atom. The fourth-order valence-electron chi connectivity index (χ4n) is 1.25. The molecule has 1 N–H and O–H groups in total. The van der Waals surface area contributed by atoms with E-state index in [0.29, 0.717) is 0 Å². The second-order valence-electron chi connectivity index (χ2n) is 2.97. The van der Waals surface area contributed by atoms with Gasteiger partial charge in [0.25, 0.3) is 0 Å². The van der Waals surface area contributed by atoms with E-state index in [1.54, 1.807) is 17.7 Å². The van der Waals surface area contributed by atoms with Crippen molar-refractivity contribution in [3.63, 3.8) is 0 Å². The van der Waals surface area contributed by atoms with Crippen molar-refractivity contribution >= 4 is 17.2 Å². The monoisotopic (exact) mass is 205 g/mol. The van der Waals surface area contributed by atoms with E-state index in [2.05, 4.69) is 33.7 Å². The van der Waals surface area contributed by atoms with Crippen molar-refractivity contribution in [2.24, 2.45) is 0 Å². The first-order chi connectivity index (χ1) is 6.81. The molecule has 2 aromatic heterocycles. The van der Waals surface area contributed by atoms with E-state index in [4.69, 9.17) is 0 Å². The summed E-state index contributed by atoms with van der Waals surface area (Å²) in [6, 6.07) is 4.06. The third kappa shape index (κ3) is 1.61. The van der Waals surface area contributed by atoms with Gasteiger partial charge < -0.3 is 5.32 Å². The Morgan fingerprint density at radius 1 is 1.36 bits per heavy atom. The molecular weight excluding hydrogens is 194 g/mol. The molecule has 0 bridgehead atoms. The standard InChI is InChI=1S/C10H11N3S/c1-7-3-4-14-10(7)8-5-9(11-2)13-6-12-8/h3-6H,1-2H3,(H,11,12,13). The van der Waals surface area contributed by atoms with E-state index in [1.165, 1.54) is 10.4 Å². The van der Waals surface area contributed by atoms with Crippen LogP contribution in [0.3, 0.4) is 0 Å². The van der Waals surface area contributed by atoms with Gasteiger partial charge in [0.2, 0.25) is 0 Å². The number of nitrogens with one attached hydrogen (secondary N) is 1. The molecule has 0 aliphatic carbocycles. The van der Waals surface area contributed by atoms with Gasteiger partial charge in [-0.15, -0.1) is 11.3 Å². The maximum atomic E-state index is 4.25. The van der Waals surface area contributed by atoms with Crippen molar-refractivity contribution in [1.29, 1.82) is 0 Å². The number of hydrogen-bond acceptors (Lipinski definition) is 4. The topological polar surface area (TPSA) is 37.8 Å². The molecule has 0 spiro atoms. The number of thiophene rings is 1. The molecule has 0 aliphatic rings. The Kier molecular flexibility index (Phi) is 2.45. The molecule has 0 unspecified atom stereocenters. The zero-order valence-electron chi connectivity index (χ0n) is 8.11. The zero-order chi connectivity index (χ0) is 9.97. The van der Waals surface area contributed by atoms with E-state index in [0.717, 1.165) is 11.5 Å². The van der Waals surface area contributed by atoms with Gasteiger partial charge in [-0.05, 0) is 23.9 Å². The minimum absolute atomic E-state index is 0.850. The smallest absolute Gasteiger partial charge is 0.129 e. The van der Waals surface area contributed by atoms with E-state index < -0.39 is 0 Å². The van der Waals surface area contributed by atoms with Crippen LogP contribution in [0.1, 0.15) is 5.56 Å². The highest BCUT2D eigenvalue weighted by Gasteiger charge is 2.05. The third-order valence-corrected chi connectivity index (χ3v) is 3.06. The summed E-state index contributed by atoms with van der Waals surface area (Å²) in [5.74, 6) is 0.850. The molecule has 0 saturated heterocycles. The molecule has 72 valence electrons. The lowest BCUT2D eigenvalue weighted by atomic mass is 10.2. The fourth-order valence-corrected chi connectivity index (χ4v) is 2.15. The van der Waals surface area contributed by atoms with Gasteiger partial charge in [-0.1, -0.05) is 0 Å². The van der Waals surface area contributed by atoms with E-state index in [9.17, 15) is 0 Å². The summed E-state index contributed by atoms with van der Waals surface area (Å²) >= 11 is 1.70. The van der Waals surface area contributed by atoms with Crippen molar-refractivity contribution in [2.45, 2.75) is 6.92 Å². The number of anilines is 1. The van der Waals surface area contributed by atoms with Gasteiger partial charge in [0.05, 0.1) is 10.6 Å². The molecule has 0 aliphatic heterocycles. The first kappa shape index (κ1) is 9.15. The highest BCUT2D eigenvalue weighted by molar-refractivity contribution is 7.13. The van der Waals surface area contributed by atoms with Crippen LogP contribution < -0.4 is 5.32 Å². The normalized spacial score (nSPS) is 10.1. The molecule has 0 fully saturated rings. The molecule has 4 heteroatoms. The van der Waals surface area contributed by atoms with Crippen LogP contribution in [-0.4, -0.2) is 17.0 Å². The first-order valence-corrected chi connectivity index (χ1v) is 5.23. The molecule has 0 radical (unpaired) electrons. The largest absolute Gasteiger partial charge is 0.373 e. The van der Waals surface area contributed by atoms with Gasteiger partial charge in [0.1, 0.15) is 12.1 Å². The Balaban J connectivity index is 2.47. The summed E-state index contributed by atoms with van der Waals surface area (Å²) in [5.41, 5.74) is 2.24. The SMILES string of the molecule is CNc1cc(-c2sccc2C)ncn1. The van der Waals surface area contributed by atoms with Crippen molar-refractivity contribution in [3.05, 3.63) is 29.4 Å². The fraction of sp³-hybridized carbons (Fsp3) is 0.200. The van der Waals surface area contributed by atoms with E-state index in [1.807, 2.05) is 13.1 Å². The number of rotatable bonds is 2. The molecule has 2 heterocycles. The minimum Gasteiger partial charge on any atom is -0.373 e. The Hall–Kier alpha value is -1.42. The first-order valence-electron chi connectivity index (χ1n) is 4.35. The minimum atomic E-state index is 0.850. The summed E-state index contributed by atoms with van der Waals surface area (Å²) < 4.78 is 0. The van der Waals surface area contributed by atoms with Crippen molar-refractivity contribution in [3.8, 4) is 10.6 Å². The average molecular weight is 205 g/mol. The van der Waals surface area contributed by atoms with Gasteiger partial charge in [-0.3, -0.25) is 0 Å². The number of aromatic nitrogens is 2. The van der Waals surface area contributed by atoms with Gasteiger partial charge >= 0.3 is 0 Å². The molecule has 0 atom stereocenters. The van der Waals surface area contributed by atoms with Gasteiger partial charge in [-0.25, -0.2) is 9.97 Å². The Morgan fingerprint density at radius 2 is 2.21 bits per heavy atom. The molecular formula is C10H11N3S. The Labute approximate surface area is 86.8 Å². The lowest BCUT2D eigenvalue weighted by molar-refractivity contribution is 1.16. The summed E-state index contributed by atoms with van der Waals surface area (Å²) in [7, 11) is 1.85. The number of hydrogen-bond donors (Lipinski definition) is 1. The molecule has 14 heavy (non-hydrogen) atoms. The molecule has 0 aromatic carbocycles. The predicted molar refractivity (Wildman–Crippen MR) is 59.6 cm³/mol. The highest BCUT2D eigenvalue weighted by Crippen LogP contribution is 2.27. The van der Waals surface area contributed by atoms with Gasteiger partial charge in [-0.2, -0.15) is 0 Å². The van der Waals surface area contributed by atoms with Crippen LogP contribution in [0.2, 0.25) is 0 Å². The van der Waals surface area contributed by atoms with Crippen molar-refractivity contribution < 1.29 is 0 Å². The van der Waals surface area contributed by atoms with Crippen LogP contribution in [0.5, 0.6) is 0 Å². The van der Waals surface area contributed by atoms with Gasteiger partial charge in [0, 0.05) is 13.1 Å². The zero-order valence-corrected chi connectivity index (χ0v) is 8.93. The number of nitrogens with zero attached hydrogens (tertiary/aromatic N) is 2. The number of aryl methyl sites for hydroxylation is 1. The second-order valence-corrected chi connectivity index (χ2v) is 3.89. The van der Waals surface area contributed by atoms with Crippen molar-refractivity contribution in [2.75, 3.05) is 12.4 Å². The maximum absolute atomic E-state index is 4.25. The predicted octanol–water partition coefficient (Wildman–Crippen LogP) is 2.56. The van der Waals surface area contributed by atoms with Crippen LogP contribution >= 0.6 is 11.3 Å². The lowest BCUT2D eigenvalue weighted by Gasteiger charge is -2.01. The maximum Gasteiger partial charge on any atom is 0.129 e. The highest BCUT2D eigenvalue weighted by atomic mass is 32.1. The van der Waals surface area contributed by atoms with Crippen LogP contribution in [0.25, 0.3) is 10.6 Å². The summed E-state index contributed by atoms with van der Waals surface area (Å²) in [4.78, 5) is 9.54. The van der Waals surface area contributed by atoms with Gasteiger partial charge in [0.15, 0.2) is 0 Å². The average Bonchev–Trinajstić information content (AvgIpc) is 2.65. The van der Waals surface area contributed by atoms with Crippen molar-refractivity contribution in [1.82, 2.24) is 9.97 Å². The molecule has 0 saturated carbocycles. The molecule has 2 rings (SSSR count). The van der Waals surface area contributed by atoms with Crippen LogP contribution in [0.4, 0.5) is 5.82 Å². The second kappa shape index (κ2) is 3.75. The summed E-state index contributed by atoms with van der Waals surface area (Å²) in [6.45, 7) is 2.09.